The van der Waals surface area contributed by atoms with Crippen LogP contribution in [0.15, 0.2) is 27.9 Å². The van der Waals surface area contributed by atoms with Gasteiger partial charge in [0.15, 0.2) is 0 Å². The van der Waals surface area contributed by atoms with Crippen molar-refractivity contribution in [1.29, 1.82) is 0 Å². The largest absolute Gasteiger partial charge is 0.471 e. The summed E-state index contributed by atoms with van der Waals surface area (Å²) >= 11 is 0. The molecule has 1 aliphatic carbocycles. The fourth-order valence-corrected chi connectivity index (χ4v) is 4.84. The lowest BCUT2D eigenvalue weighted by Gasteiger charge is -2.37. The average Bonchev–Trinajstić information content (AvgIpc) is 2.82. The minimum absolute atomic E-state index is 0.107. The maximum absolute atomic E-state index is 12.4. The van der Waals surface area contributed by atoms with Gasteiger partial charge in [0.1, 0.15) is 11.2 Å². The lowest BCUT2D eigenvalue weighted by atomic mass is 9.68. The first-order chi connectivity index (χ1) is 8.04. The van der Waals surface area contributed by atoms with E-state index in [0.717, 1.165) is 6.42 Å². The highest BCUT2D eigenvalue weighted by Crippen LogP contribution is 2.51. The summed E-state index contributed by atoms with van der Waals surface area (Å²) < 4.78 is 31.3. The summed E-state index contributed by atoms with van der Waals surface area (Å²) in [6.07, 6.45) is 7.32. The van der Waals surface area contributed by atoms with Crippen molar-refractivity contribution in [3.8, 4) is 0 Å². The summed E-state index contributed by atoms with van der Waals surface area (Å²) in [5.41, 5.74) is 0.274. The van der Waals surface area contributed by atoms with Crippen molar-refractivity contribution >= 4 is 10.0 Å². The average molecular weight is 255 g/mol. The Morgan fingerprint density at radius 3 is 2.71 bits per heavy atom. The van der Waals surface area contributed by atoms with E-state index in [4.69, 9.17) is 4.42 Å². The number of sulfonamides is 1. The van der Waals surface area contributed by atoms with Crippen molar-refractivity contribution in [3.63, 3.8) is 0 Å². The Morgan fingerprint density at radius 2 is 2.24 bits per heavy atom. The molecule has 2 heterocycles. The highest BCUT2D eigenvalue weighted by atomic mass is 32.2. The second-order valence-corrected chi connectivity index (χ2v) is 7.31. The Labute approximate surface area is 102 Å². The van der Waals surface area contributed by atoms with Gasteiger partial charge in [0.2, 0.25) is 10.0 Å². The van der Waals surface area contributed by atoms with E-state index < -0.39 is 10.0 Å². The summed E-state index contributed by atoms with van der Waals surface area (Å²) in [5, 5.41) is 0. The minimum atomic E-state index is -3.35. The SMILES string of the molecule is CC1CC2(CCC2)CN1S(=O)(=O)c1ccoc1. The monoisotopic (exact) mass is 255 g/mol. The third-order valence-corrected chi connectivity index (χ3v) is 6.16. The highest BCUT2D eigenvalue weighted by Gasteiger charge is 2.50. The van der Waals surface area contributed by atoms with Gasteiger partial charge in [0.05, 0.1) is 6.26 Å². The lowest BCUT2D eigenvalue weighted by molar-refractivity contribution is 0.152. The van der Waals surface area contributed by atoms with Gasteiger partial charge in [-0.25, -0.2) is 8.42 Å². The molecular formula is C12H17NO3S. The molecule has 0 aromatic carbocycles. The molecule has 4 nitrogen and oxygen atoms in total. The first-order valence-electron chi connectivity index (χ1n) is 6.08. The van der Waals surface area contributed by atoms with Gasteiger partial charge >= 0.3 is 0 Å². The standard InChI is InChI=1S/C12H17NO3S/c1-10-7-12(4-2-5-12)9-13(10)17(14,15)11-3-6-16-8-11/h3,6,8,10H,2,4-5,7,9H2,1H3. The molecule has 0 N–H and O–H groups in total. The summed E-state index contributed by atoms with van der Waals surface area (Å²) in [4.78, 5) is 0.278. The molecule has 1 aliphatic heterocycles. The second-order valence-electron chi connectivity index (χ2n) is 5.42. The van der Waals surface area contributed by atoms with E-state index in [1.165, 1.54) is 37.9 Å². The summed E-state index contributed by atoms with van der Waals surface area (Å²) in [6, 6.07) is 1.63. The molecule has 17 heavy (non-hydrogen) atoms. The predicted octanol–water partition coefficient (Wildman–Crippen LogP) is 2.23. The van der Waals surface area contributed by atoms with Gasteiger partial charge in [0, 0.05) is 12.6 Å². The smallest absolute Gasteiger partial charge is 0.246 e. The van der Waals surface area contributed by atoms with Gasteiger partial charge in [-0.05, 0) is 37.7 Å². The fraction of sp³-hybridized carbons (Fsp3) is 0.667. The zero-order valence-electron chi connectivity index (χ0n) is 9.93. The molecule has 1 unspecified atom stereocenters. The molecule has 1 atom stereocenters. The number of hydrogen-bond donors (Lipinski definition) is 0. The molecule has 5 heteroatoms. The van der Waals surface area contributed by atoms with Gasteiger partial charge in [0.25, 0.3) is 0 Å². The first kappa shape index (κ1) is 11.3. The summed E-state index contributed by atoms with van der Waals surface area (Å²) in [5.74, 6) is 0. The quantitative estimate of drug-likeness (QED) is 0.814. The summed E-state index contributed by atoms with van der Waals surface area (Å²) in [7, 11) is -3.35. The van der Waals surface area contributed by atoms with Crippen LogP contribution in [0.25, 0.3) is 0 Å². The molecule has 2 aliphatic rings. The van der Waals surface area contributed by atoms with E-state index in [0.29, 0.717) is 6.54 Å². The Hall–Kier alpha value is -0.810. The van der Waals surface area contributed by atoms with Crippen molar-refractivity contribution in [3.05, 3.63) is 18.6 Å². The van der Waals surface area contributed by atoms with Crippen LogP contribution >= 0.6 is 0 Å². The van der Waals surface area contributed by atoms with Crippen LogP contribution in [0, 0.1) is 5.41 Å². The van der Waals surface area contributed by atoms with Crippen molar-refractivity contribution < 1.29 is 12.8 Å². The van der Waals surface area contributed by atoms with Crippen molar-refractivity contribution in [2.45, 2.75) is 43.5 Å². The van der Waals surface area contributed by atoms with E-state index in [-0.39, 0.29) is 16.4 Å². The number of hydrogen-bond acceptors (Lipinski definition) is 3. The molecule has 1 spiro atoms. The molecule has 1 aromatic heterocycles. The molecule has 1 saturated heterocycles. The molecule has 1 aromatic rings. The Bertz CT molecular complexity index is 502. The molecule has 0 radical (unpaired) electrons. The topological polar surface area (TPSA) is 50.5 Å². The molecule has 2 fully saturated rings. The van der Waals surface area contributed by atoms with Crippen molar-refractivity contribution in [2.75, 3.05) is 6.54 Å². The molecule has 94 valence electrons. The van der Waals surface area contributed by atoms with E-state index in [9.17, 15) is 8.42 Å². The van der Waals surface area contributed by atoms with E-state index in [2.05, 4.69) is 0 Å². The normalized spacial score (nSPS) is 28.4. The third kappa shape index (κ3) is 1.64. The van der Waals surface area contributed by atoms with Gasteiger partial charge in [-0.2, -0.15) is 4.31 Å². The van der Waals surface area contributed by atoms with Crippen LogP contribution in [-0.2, 0) is 10.0 Å². The molecular weight excluding hydrogens is 238 g/mol. The van der Waals surface area contributed by atoms with Crippen LogP contribution in [0.4, 0.5) is 0 Å². The second kappa shape index (κ2) is 3.59. The van der Waals surface area contributed by atoms with E-state index >= 15 is 0 Å². The molecule has 1 saturated carbocycles. The van der Waals surface area contributed by atoms with Crippen LogP contribution in [0.5, 0.6) is 0 Å². The number of furan rings is 1. The Kier molecular flexibility index (Phi) is 2.38. The van der Waals surface area contributed by atoms with Crippen LogP contribution in [0.1, 0.15) is 32.6 Å². The van der Waals surface area contributed by atoms with E-state index in [1.807, 2.05) is 6.92 Å². The highest BCUT2D eigenvalue weighted by molar-refractivity contribution is 7.89. The zero-order valence-corrected chi connectivity index (χ0v) is 10.7. The van der Waals surface area contributed by atoms with Crippen LogP contribution in [0.3, 0.4) is 0 Å². The minimum Gasteiger partial charge on any atom is -0.471 e. The maximum Gasteiger partial charge on any atom is 0.246 e. The van der Waals surface area contributed by atoms with Crippen LogP contribution in [0.2, 0.25) is 0 Å². The lowest BCUT2D eigenvalue weighted by Crippen LogP contribution is -2.37. The van der Waals surface area contributed by atoms with Crippen molar-refractivity contribution in [2.24, 2.45) is 5.41 Å². The van der Waals surface area contributed by atoms with Gasteiger partial charge in [-0.15, -0.1) is 0 Å². The van der Waals surface area contributed by atoms with E-state index in [1.54, 1.807) is 4.31 Å². The first-order valence-corrected chi connectivity index (χ1v) is 7.52. The Balaban J connectivity index is 1.90. The summed E-state index contributed by atoms with van der Waals surface area (Å²) in [6.45, 7) is 2.69. The fourth-order valence-electron chi connectivity index (χ4n) is 3.17. The van der Waals surface area contributed by atoms with Crippen LogP contribution in [-0.4, -0.2) is 25.3 Å². The molecule has 0 bridgehead atoms. The van der Waals surface area contributed by atoms with Gasteiger partial charge < -0.3 is 4.42 Å². The van der Waals surface area contributed by atoms with Crippen molar-refractivity contribution in [1.82, 2.24) is 4.31 Å². The number of rotatable bonds is 2. The Morgan fingerprint density at radius 1 is 1.47 bits per heavy atom. The zero-order chi connectivity index (χ0) is 12.1. The third-order valence-electron chi connectivity index (χ3n) is 4.23. The molecule has 3 rings (SSSR count). The number of nitrogens with zero attached hydrogens (tertiary/aromatic N) is 1. The maximum atomic E-state index is 12.4. The predicted molar refractivity (Wildman–Crippen MR) is 63.0 cm³/mol. The molecule has 0 amide bonds. The van der Waals surface area contributed by atoms with Gasteiger partial charge in [-0.3, -0.25) is 0 Å². The van der Waals surface area contributed by atoms with Gasteiger partial charge in [-0.1, -0.05) is 6.42 Å². The van der Waals surface area contributed by atoms with Crippen LogP contribution < -0.4 is 0 Å².